The molecule has 0 atom stereocenters. The molecule has 0 spiro atoms. The maximum absolute atomic E-state index is 11.0. The van der Waals surface area contributed by atoms with Crippen molar-refractivity contribution in [2.45, 2.75) is 13.5 Å². The number of benzene rings is 2. The Hall–Kier alpha value is -2.62. The highest BCUT2D eigenvalue weighted by Crippen LogP contribution is 2.40. The van der Waals surface area contributed by atoms with E-state index in [0.29, 0.717) is 11.9 Å². The number of aromatic hydroxyl groups is 1. The van der Waals surface area contributed by atoms with Gasteiger partial charge in [-0.15, -0.1) is 4.91 Å². The fourth-order valence-corrected chi connectivity index (χ4v) is 2.57. The molecule has 0 amide bonds. The van der Waals surface area contributed by atoms with Gasteiger partial charge in [0.1, 0.15) is 0 Å². The topological polar surface area (TPSA) is 54.6 Å². The molecule has 3 aromatic rings. The lowest BCUT2D eigenvalue weighted by Crippen LogP contribution is -1.99. The van der Waals surface area contributed by atoms with Gasteiger partial charge < -0.3 is 9.67 Å². The van der Waals surface area contributed by atoms with Crippen LogP contribution in [0.4, 0.5) is 5.69 Å². The molecule has 20 heavy (non-hydrogen) atoms. The van der Waals surface area contributed by atoms with E-state index >= 15 is 0 Å². The lowest BCUT2D eigenvalue weighted by Gasteiger charge is -2.08. The molecule has 0 radical (unpaired) electrons. The summed E-state index contributed by atoms with van der Waals surface area (Å²) in [7, 11) is 0. The first kappa shape index (κ1) is 12.4. The van der Waals surface area contributed by atoms with Crippen molar-refractivity contribution in [2.24, 2.45) is 5.18 Å². The van der Waals surface area contributed by atoms with Gasteiger partial charge in [0.15, 0.2) is 5.69 Å². The van der Waals surface area contributed by atoms with Crippen LogP contribution >= 0.6 is 0 Å². The van der Waals surface area contributed by atoms with Gasteiger partial charge in [0.2, 0.25) is 5.88 Å². The summed E-state index contributed by atoms with van der Waals surface area (Å²) in [6, 6.07) is 15.4. The van der Waals surface area contributed by atoms with Gasteiger partial charge in [-0.3, -0.25) is 0 Å². The Balaban J connectivity index is 2.24. The van der Waals surface area contributed by atoms with Gasteiger partial charge in [-0.05, 0) is 23.2 Å². The van der Waals surface area contributed by atoms with Crippen LogP contribution in [-0.4, -0.2) is 9.67 Å². The summed E-state index contributed by atoms with van der Waals surface area (Å²) in [6.45, 7) is 2.46. The van der Waals surface area contributed by atoms with E-state index in [4.69, 9.17) is 0 Å². The average Bonchev–Trinajstić information content (AvgIpc) is 2.73. The summed E-state index contributed by atoms with van der Waals surface area (Å²) < 4.78 is 1.73. The van der Waals surface area contributed by atoms with Crippen LogP contribution in [0.25, 0.3) is 10.9 Å². The zero-order valence-electron chi connectivity index (χ0n) is 11.1. The monoisotopic (exact) mass is 266 g/mol. The van der Waals surface area contributed by atoms with Crippen molar-refractivity contribution < 1.29 is 5.11 Å². The van der Waals surface area contributed by atoms with E-state index in [-0.39, 0.29) is 11.6 Å². The summed E-state index contributed by atoms with van der Waals surface area (Å²) in [5, 5.41) is 13.9. The molecule has 100 valence electrons. The molecule has 0 unspecified atom stereocenters. The van der Waals surface area contributed by atoms with Gasteiger partial charge in [-0.2, -0.15) is 0 Å². The second-order valence-corrected chi connectivity index (χ2v) is 4.81. The normalized spacial score (nSPS) is 10.8. The van der Waals surface area contributed by atoms with Crippen LogP contribution in [0.15, 0.2) is 53.7 Å². The van der Waals surface area contributed by atoms with Gasteiger partial charge in [-0.1, -0.05) is 48.5 Å². The number of hydrogen-bond acceptors (Lipinski definition) is 3. The van der Waals surface area contributed by atoms with E-state index in [0.717, 1.165) is 16.6 Å². The molecule has 1 aromatic heterocycles. The first-order valence-corrected chi connectivity index (χ1v) is 6.40. The second-order valence-electron chi connectivity index (χ2n) is 4.81. The third kappa shape index (κ3) is 1.86. The van der Waals surface area contributed by atoms with Crippen molar-refractivity contribution >= 4 is 16.6 Å². The highest BCUT2D eigenvalue weighted by molar-refractivity contribution is 5.96. The fraction of sp³-hybridized carbons (Fsp3) is 0.125. The van der Waals surface area contributed by atoms with Crippen molar-refractivity contribution in [2.75, 3.05) is 0 Å². The molecular formula is C16H14N2O2. The van der Waals surface area contributed by atoms with Crippen LogP contribution in [0, 0.1) is 11.8 Å². The molecule has 0 aliphatic carbocycles. The summed E-state index contributed by atoms with van der Waals surface area (Å²) in [5.41, 5.74) is 3.02. The van der Waals surface area contributed by atoms with Gasteiger partial charge in [0.25, 0.3) is 0 Å². The van der Waals surface area contributed by atoms with Crippen molar-refractivity contribution in [1.82, 2.24) is 4.57 Å². The van der Waals surface area contributed by atoms with Crippen molar-refractivity contribution in [3.8, 4) is 5.88 Å². The summed E-state index contributed by atoms with van der Waals surface area (Å²) in [6.07, 6.45) is 0. The fourth-order valence-electron chi connectivity index (χ4n) is 2.57. The molecule has 1 N–H and O–H groups in total. The van der Waals surface area contributed by atoms with E-state index in [1.54, 1.807) is 10.6 Å². The van der Waals surface area contributed by atoms with E-state index in [1.807, 2.05) is 49.4 Å². The molecule has 0 saturated heterocycles. The number of nitroso groups, excluding NO2 is 1. The summed E-state index contributed by atoms with van der Waals surface area (Å²) in [5.74, 6) is -0.0758. The van der Waals surface area contributed by atoms with Gasteiger partial charge in [-0.25, -0.2) is 0 Å². The van der Waals surface area contributed by atoms with E-state index in [2.05, 4.69) is 5.18 Å². The van der Waals surface area contributed by atoms with E-state index in [1.165, 1.54) is 0 Å². The Kier molecular flexibility index (Phi) is 2.99. The van der Waals surface area contributed by atoms with Gasteiger partial charge in [0.05, 0.1) is 12.1 Å². The zero-order chi connectivity index (χ0) is 14.1. The molecule has 0 aliphatic rings. The lowest BCUT2D eigenvalue weighted by molar-refractivity contribution is 0.430. The Labute approximate surface area is 116 Å². The minimum atomic E-state index is -0.0758. The zero-order valence-corrected chi connectivity index (χ0v) is 11.1. The highest BCUT2D eigenvalue weighted by Gasteiger charge is 2.18. The Bertz CT molecular complexity index is 776. The average molecular weight is 266 g/mol. The number of aromatic nitrogens is 1. The maximum atomic E-state index is 11.0. The first-order chi connectivity index (χ1) is 9.72. The predicted molar refractivity (Wildman–Crippen MR) is 79.3 cm³/mol. The van der Waals surface area contributed by atoms with Crippen LogP contribution < -0.4 is 0 Å². The van der Waals surface area contributed by atoms with Gasteiger partial charge in [0, 0.05) is 5.39 Å². The largest absolute Gasteiger partial charge is 0.493 e. The molecule has 0 saturated carbocycles. The SMILES string of the molecule is Cc1cccc2c(N=O)c(O)n(Cc3ccccc3)c12. The van der Waals surface area contributed by atoms with Crippen LogP contribution in [0.2, 0.25) is 0 Å². The molecule has 0 fully saturated rings. The number of aryl methyl sites for hydroxylation is 1. The smallest absolute Gasteiger partial charge is 0.222 e. The number of hydrogen-bond donors (Lipinski definition) is 1. The van der Waals surface area contributed by atoms with E-state index < -0.39 is 0 Å². The quantitative estimate of drug-likeness (QED) is 0.725. The molecule has 4 nitrogen and oxygen atoms in total. The third-order valence-electron chi connectivity index (χ3n) is 3.51. The van der Waals surface area contributed by atoms with Gasteiger partial charge >= 0.3 is 0 Å². The molecule has 0 bridgehead atoms. The Morgan fingerprint density at radius 1 is 1.10 bits per heavy atom. The first-order valence-electron chi connectivity index (χ1n) is 6.40. The molecule has 2 aromatic carbocycles. The summed E-state index contributed by atoms with van der Waals surface area (Å²) >= 11 is 0. The van der Waals surface area contributed by atoms with Crippen molar-refractivity contribution in [3.05, 3.63) is 64.6 Å². The maximum Gasteiger partial charge on any atom is 0.222 e. The second kappa shape index (κ2) is 4.81. The van der Waals surface area contributed by atoms with Crippen LogP contribution in [0.3, 0.4) is 0 Å². The Morgan fingerprint density at radius 3 is 2.55 bits per heavy atom. The summed E-state index contributed by atoms with van der Waals surface area (Å²) in [4.78, 5) is 11.0. The van der Waals surface area contributed by atoms with Crippen LogP contribution in [-0.2, 0) is 6.54 Å². The molecule has 3 rings (SSSR count). The number of para-hydroxylation sites is 1. The molecule has 0 aliphatic heterocycles. The minimum absolute atomic E-state index is 0.0758. The van der Waals surface area contributed by atoms with Crippen molar-refractivity contribution in [1.29, 1.82) is 0 Å². The number of rotatable bonds is 3. The Morgan fingerprint density at radius 2 is 1.85 bits per heavy atom. The predicted octanol–water partition coefficient (Wildman–Crippen LogP) is 4.10. The third-order valence-corrected chi connectivity index (χ3v) is 3.51. The molecule has 1 heterocycles. The standard InChI is InChI=1S/C16H14N2O2/c1-11-6-5-9-13-14(17-20)16(19)18(15(11)13)10-12-7-3-2-4-8-12/h2-9,19H,10H2,1H3. The van der Waals surface area contributed by atoms with Crippen molar-refractivity contribution in [3.63, 3.8) is 0 Å². The number of fused-ring (bicyclic) bond motifs is 1. The minimum Gasteiger partial charge on any atom is -0.493 e. The lowest BCUT2D eigenvalue weighted by atomic mass is 10.1. The van der Waals surface area contributed by atoms with Crippen LogP contribution in [0.5, 0.6) is 5.88 Å². The highest BCUT2D eigenvalue weighted by atomic mass is 16.3. The molecular weight excluding hydrogens is 252 g/mol. The van der Waals surface area contributed by atoms with Crippen LogP contribution in [0.1, 0.15) is 11.1 Å². The molecule has 4 heteroatoms. The number of nitrogens with zero attached hydrogens (tertiary/aromatic N) is 2. The van der Waals surface area contributed by atoms with E-state index in [9.17, 15) is 10.0 Å².